The Morgan fingerprint density at radius 1 is 1.50 bits per heavy atom. The molecule has 1 aliphatic heterocycles. The normalized spacial score (nSPS) is 21.8. The van der Waals surface area contributed by atoms with E-state index in [2.05, 4.69) is 12.2 Å². The molecule has 0 aromatic rings. The van der Waals surface area contributed by atoms with Gasteiger partial charge in [0.15, 0.2) is 0 Å². The van der Waals surface area contributed by atoms with E-state index in [4.69, 9.17) is 4.74 Å². The van der Waals surface area contributed by atoms with Crippen LogP contribution < -0.4 is 5.32 Å². The second-order valence-corrected chi connectivity index (χ2v) is 4.11. The molecule has 0 aliphatic carbocycles. The van der Waals surface area contributed by atoms with Gasteiger partial charge in [-0.2, -0.15) is 11.8 Å². The third kappa shape index (κ3) is 6.95. The molecule has 2 nitrogen and oxygen atoms in total. The van der Waals surface area contributed by atoms with Crippen molar-refractivity contribution in [2.45, 2.75) is 25.9 Å². The van der Waals surface area contributed by atoms with Crippen LogP contribution in [0.4, 0.5) is 0 Å². The van der Waals surface area contributed by atoms with Gasteiger partial charge >= 0.3 is 0 Å². The summed E-state index contributed by atoms with van der Waals surface area (Å²) in [5.41, 5.74) is 0. The molecule has 0 saturated carbocycles. The van der Waals surface area contributed by atoms with Crippen molar-refractivity contribution < 1.29 is 4.74 Å². The smallest absolute Gasteiger partial charge is 0.0666 e. The maximum atomic E-state index is 5.43. The van der Waals surface area contributed by atoms with Gasteiger partial charge in [-0.05, 0) is 32.7 Å². The van der Waals surface area contributed by atoms with Gasteiger partial charge in [-0.3, -0.25) is 0 Å². The van der Waals surface area contributed by atoms with E-state index < -0.39 is 0 Å². The average Bonchev–Trinajstić information content (AvgIpc) is 2.54. The predicted molar refractivity (Wildman–Crippen MR) is 57.0 cm³/mol. The van der Waals surface area contributed by atoms with Crippen LogP contribution in [0.15, 0.2) is 0 Å². The van der Waals surface area contributed by atoms with Crippen LogP contribution in [-0.2, 0) is 4.74 Å². The minimum atomic E-state index is 0.579. The van der Waals surface area contributed by atoms with E-state index in [9.17, 15) is 0 Å². The van der Waals surface area contributed by atoms with Gasteiger partial charge in [0.1, 0.15) is 0 Å². The van der Waals surface area contributed by atoms with Gasteiger partial charge in [0.2, 0.25) is 0 Å². The molecule has 0 aromatic carbocycles. The van der Waals surface area contributed by atoms with Gasteiger partial charge in [0.25, 0.3) is 0 Å². The molecule has 1 rings (SSSR count). The van der Waals surface area contributed by atoms with E-state index in [1.54, 1.807) is 0 Å². The molecule has 0 bridgehead atoms. The minimum absolute atomic E-state index is 0.579. The molecule has 12 heavy (non-hydrogen) atoms. The number of hydrogen-bond acceptors (Lipinski definition) is 3. The number of rotatable bonds is 3. The zero-order chi connectivity index (χ0) is 9.23. The van der Waals surface area contributed by atoms with Crippen molar-refractivity contribution in [1.82, 2.24) is 5.32 Å². The van der Waals surface area contributed by atoms with Crippen LogP contribution in [0.2, 0.25) is 0 Å². The lowest BCUT2D eigenvalue weighted by atomic mass is 10.3. The van der Waals surface area contributed by atoms with Crippen molar-refractivity contribution in [1.29, 1.82) is 0 Å². The zero-order valence-corrected chi connectivity index (χ0v) is 9.25. The van der Waals surface area contributed by atoms with Crippen LogP contribution in [-0.4, -0.2) is 38.3 Å². The topological polar surface area (TPSA) is 21.3 Å². The molecule has 3 heteroatoms. The van der Waals surface area contributed by atoms with Gasteiger partial charge in [-0.25, -0.2) is 0 Å². The maximum Gasteiger partial charge on any atom is 0.0666 e. The highest BCUT2D eigenvalue weighted by atomic mass is 32.2. The first-order valence-corrected chi connectivity index (χ1v) is 5.78. The molecular formula is C9H21NOS. The Hall–Kier alpha value is 0.270. The molecular weight excluding hydrogens is 170 g/mol. The molecule has 1 saturated heterocycles. The predicted octanol–water partition coefficient (Wildman–Crippen LogP) is 1.75. The number of ether oxygens (including phenoxy) is 1. The molecule has 0 amide bonds. The molecule has 1 fully saturated rings. The molecule has 1 aliphatic rings. The van der Waals surface area contributed by atoms with Crippen LogP contribution >= 0.6 is 11.8 Å². The summed E-state index contributed by atoms with van der Waals surface area (Å²) in [4.78, 5) is 0. The van der Waals surface area contributed by atoms with Gasteiger partial charge in [-0.1, -0.05) is 6.92 Å². The summed E-state index contributed by atoms with van der Waals surface area (Å²) in [6.45, 7) is 3.19. The summed E-state index contributed by atoms with van der Waals surface area (Å²) in [5.74, 6) is 2.43. The van der Waals surface area contributed by atoms with Crippen LogP contribution in [0, 0.1) is 0 Å². The summed E-state index contributed by atoms with van der Waals surface area (Å²) in [6.07, 6.45) is 3.14. The third-order valence-corrected chi connectivity index (χ3v) is 2.55. The molecule has 1 atom stereocenters. The Balaban J connectivity index is 0.000000354. The van der Waals surface area contributed by atoms with Gasteiger partial charge in [-0.15, -0.1) is 0 Å². The largest absolute Gasteiger partial charge is 0.377 e. The monoisotopic (exact) mass is 191 g/mol. The van der Waals surface area contributed by atoms with Crippen LogP contribution in [0.1, 0.15) is 19.8 Å². The standard InChI is InChI=1S/C7H14OS.C2H7N/c1-2-9-6-7-4-3-5-8-7;1-3-2/h7H,2-6H2,1H3;3H,1-2H3. The fourth-order valence-corrected chi connectivity index (χ4v) is 1.79. The quantitative estimate of drug-likeness (QED) is 0.734. The molecule has 1 unspecified atom stereocenters. The summed E-state index contributed by atoms with van der Waals surface area (Å²) >= 11 is 1.98. The molecule has 74 valence electrons. The Morgan fingerprint density at radius 3 is 2.58 bits per heavy atom. The first-order valence-electron chi connectivity index (χ1n) is 4.63. The molecule has 0 aromatic heterocycles. The van der Waals surface area contributed by atoms with E-state index >= 15 is 0 Å². The van der Waals surface area contributed by atoms with Crippen LogP contribution in [0.5, 0.6) is 0 Å². The SMILES string of the molecule is CCSCC1CCCO1.CNC. The van der Waals surface area contributed by atoms with E-state index in [0.29, 0.717) is 6.10 Å². The van der Waals surface area contributed by atoms with Gasteiger partial charge < -0.3 is 10.1 Å². The van der Waals surface area contributed by atoms with Crippen molar-refractivity contribution in [3.8, 4) is 0 Å². The number of nitrogens with one attached hydrogen (secondary N) is 1. The lowest BCUT2D eigenvalue weighted by molar-refractivity contribution is 0.129. The lowest BCUT2D eigenvalue weighted by Gasteiger charge is -2.05. The highest BCUT2D eigenvalue weighted by Crippen LogP contribution is 2.16. The lowest BCUT2D eigenvalue weighted by Crippen LogP contribution is -2.07. The zero-order valence-electron chi connectivity index (χ0n) is 8.43. The summed E-state index contributed by atoms with van der Waals surface area (Å²) in [6, 6.07) is 0. The summed E-state index contributed by atoms with van der Waals surface area (Å²) in [7, 11) is 3.75. The highest BCUT2D eigenvalue weighted by Gasteiger charge is 2.13. The Labute approximate surface area is 80.4 Å². The second kappa shape index (κ2) is 9.36. The number of hydrogen-bond donors (Lipinski definition) is 1. The summed E-state index contributed by atoms with van der Waals surface area (Å²) < 4.78 is 5.43. The third-order valence-electron chi connectivity index (χ3n) is 1.53. The van der Waals surface area contributed by atoms with E-state index in [1.807, 2.05) is 25.9 Å². The van der Waals surface area contributed by atoms with Gasteiger partial charge in [0.05, 0.1) is 6.10 Å². The molecule has 0 radical (unpaired) electrons. The maximum absolute atomic E-state index is 5.43. The van der Waals surface area contributed by atoms with Crippen molar-refractivity contribution >= 4 is 11.8 Å². The van der Waals surface area contributed by atoms with Crippen LogP contribution in [0.25, 0.3) is 0 Å². The summed E-state index contributed by atoms with van der Waals surface area (Å²) in [5, 5.41) is 2.75. The Morgan fingerprint density at radius 2 is 2.17 bits per heavy atom. The first-order chi connectivity index (χ1) is 5.85. The average molecular weight is 191 g/mol. The van der Waals surface area contributed by atoms with Crippen molar-refractivity contribution in [3.63, 3.8) is 0 Å². The van der Waals surface area contributed by atoms with Gasteiger partial charge in [0, 0.05) is 12.4 Å². The van der Waals surface area contributed by atoms with Crippen molar-refractivity contribution in [3.05, 3.63) is 0 Å². The molecule has 0 spiro atoms. The number of thioether (sulfide) groups is 1. The Bertz CT molecular complexity index is 84.6. The Kier molecular flexibility index (Phi) is 9.57. The molecule has 1 heterocycles. The fraction of sp³-hybridized carbons (Fsp3) is 1.00. The van der Waals surface area contributed by atoms with E-state index in [-0.39, 0.29) is 0 Å². The molecule has 1 N–H and O–H groups in total. The van der Waals surface area contributed by atoms with Crippen LogP contribution in [0.3, 0.4) is 0 Å². The van der Waals surface area contributed by atoms with Crippen molar-refractivity contribution in [2.24, 2.45) is 0 Å². The van der Waals surface area contributed by atoms with E-state index in [0.717, 1.165) is 6.61 Å². The minimum Gasteiger partial charge on any atom is -0.377 e. The first kappa shape index (κ1) is 12.3. The second-order valence-electron chi connectivity index (χ2n) is 2.79. The fourth-order valence-electron chi connectivity index (χ4n) is 1.03. The van der Waals surface area contributed by atoms with E-state index in [1.165, 1.54) is 24.3 Å². The highest BCUT2D eigenvalue weighted by molar-refractivity contribution is 7.99. The van der Waals surface area contributed by atoms with Crippen molar-refractivity contribution in [2.75, 3.05) is 32.2 Å².